The van der Waals surface area contributed by atoms with Crippen LogP contribution >= 0.6 is 12.4 Å². The van der Waals surface area contributed by atoms with Crippen molar-refractivity contribution < 1.29 is 12.8 Å². The minimum absolute atomic E-state index is 0. The fourth-order valence-electron chi connectivity index (χ4n) is 2.91. The number of benzene rings is 1. The average molecular weight is 363 g/mol. The van der Waals surface area contributed by atoms with Crippen LogP contribution in [0.1, 0.15) is 31.2 Å². The Kier molecular flexibility index (Phi) is 6.05. The molecule has 0 amide bonds. The van der Waals surface area contributed by atoms with E-state index in [9.17, 15) is 12.8 Å². The second-order valence-electron chi connectivity index (χ2n) is 6.46. The molecule has 0 unspecified atom stereocenters. The highest BCUT2D eigenvalue weighted by Gasteiger charge is 2.31. The monoisotopic (exact) mass is 362 g/mol. The largest absolute Gasteiger partial charge is 0.314 e. The van der Waals surface area contributed by atoms with Gasteiger partial charge >= 0.3 is 0 Å². The van der Waals surface area contributed by atoms with Gasteiger partial charge in [-0.15, -0.1) is 12.4 Å². The molecule has 7 heteroatoms. The number of hydrogen-bond donors (Lipinski definition) is 1. The number of aryl methyl sites for hydroxylation is 1. The van der Waals surface area contributed by atoms with E-state index >= 15 is 0 Å². The number of nitrogens with zero attached hydrogens (tertiary/aromatic N) is 1. The number of nitrogens with one attached hydrogen (secondary N) is 1. The Morgan fingerprint density at radius 2 is 1.87 bits per heavy atom. The molecule has 1 saturated carbocycles. The third-order valence-corrected chi connectivity index (χ3v) is 6.48. The number of rotatable bonds is 5. The molecular formula is C16H24ClFN2O2S. The molecule has 0 aromatic heterocycles. The van der Waals surface area contributed by atoms with Gasteiger partial charge in [-0.3, -0.25) is 0 Å². The molecule has 1 aliphatic heterocycles. The molecule has 0 bridgehead atoms. The topological polar surface area (TPSA) is 49.4 Å². The van der Waals surface area contributed by atoms with Gasteiger partial charge in [0.1, 0.15) is 10.7 Å². The molecule has 1 aromatic carbocycles. The molecule has 1 heterocycles. The van der Waals surface area contributed by atoms with Gasteiger partial charge in [0.05, 0.1) is 0 Å². The molecule has 0 atom stereocenters. The SMILES string of the molecule is Cc1ccc(S(=O)(=O)N2CCC(NCC3CC3)CC2)c(F)c1.Cl. The second kappa shape index (κ2) is 7.47. The first-order valence-corrected chi connectivity index (χ1v) is 9.40. The summed E-state index contributed by atoms with van der Waals surface area (Å²) in [5, 5.41) is 3.52. The van der Waals surface area contributed by atoms with E-state index in [1.807, 2.05) is 0 Å². The Balaban J connectivity index is 0.00000192. The Labute approximate surface area is 143 Å². The highest BCUT2D eigenvalue weighted by Crippen LogP contribution is 2.28. The van der Waals surface area contributed by atoms with Crippen LogP contribution in [0.2, 0.25) is 0 Å². The molecule has 2 aliphatic rings. The number of piperidine rings is 1. The average Bonchev–Trinajstić information content (AvgIpc) is 3.29. The summed E-state index contributed by atoms with van der Waals surface area (Å²) in [6.45, 7) is 3.70. The summed E-state index contributed by atoms with van der Waals surface area (Å²) >= 11 is 0. The third-order valence-electron chi connectivity index (χ3n) is 4.55. The summed E-state index contributed by atoms with van der Waals surface area (Å²) in [7, 11) is -3.72. The van der Waals surface area contributed by atoms with Crippen LogP contribution in [-0.2, 0) is 10.0 Å². The van der Waals surface area contributed by atoms with E-state index in [0.717, 1.165) is 30.9 Å². The molecule has 1 aromatic rings. The highest BCUT2D eigenvalue weighted by atomic mass is 35.5. The Bertz CT molecular complexity index is 641. The normalized spacial score (nSPS) is 20.3. The molecular weight excluding hydrogens is 339 g/mol. The fourth-order valence-corrected chi connectivity index (χ4v) is 4.42. The summed E-state index contributed by atoms with van der Waals surface area (Å²) in [5.74, 6) is 0.164. The minimum Gasteiger partial charge on any atom is -0.314 e. The predicted molar refractivity (Wildman–Crippen MR) is 90.9 cm³/mol. The molecule has 130 valence electrons. The van der Waals surface area contributed by atoms with Gasteiger partial charge < -0.3 is 5.32 Å². The zero-order chi connectivity index (χ0) is 15.7. The minimum atomic E-state index is -3.72. The van der Waals surface area contributed by atoms with Crippen LogP contribution in [0.4, 0.5) is 4.39 Å². The van der Waals surface area contributed by atoms with Crippen molar-refractivity contribution in [2.75, 3.05) is 19.6 Å². The van der Waals surface area contributed by atoms with Gasteiger partial charge in [0, 0.05) is 19.1 Å². The number of hydrogen-bond acceptors (Lipinski definition) is 3. The van der Waals surface area contributed by atoms with Crippen molar-refractivity contribution in [3.05, 3.63) is 29.6 Å². The van der Waals surface area contributed by atoms with Crippen LogP contribution in [0.15, 0.2) is 23.1 Å². The molecule has 1 aliphatic carbocycles. The molecule has 2 fully saturated rings. The Morgan fingerprint density at radius 1 is 1.22 bits per heavy atom. The predicted octanol–water partition coefficient (Wildman–Crippen LogP) is 2.71. The molecule has 23 heavy (non-hydrogen) atoms. The summed E-state index contributed by atoms with van der Waals surface area (Å²) in [4.78, 5) is -0.206. The van der Waals surface area contributed by atoms with Crippen molar-refractivity contribution in [3.8, 4) is 0 Å². The fraction of sp³-hybridized carbons (Fsp3) is 0.625. The molecule has 4 nitrogen and oxygen atoms in total. The van der Waals surface area contributed by atoms with E-state index in [4.69, 9.17) is 0 Å². The lowest BCUT2D eigenvalue weighted by Crippen LogP contribution is -2.45. The zero-order valence-corrected chi connectivity index (χ0v) is 14.9. The van der Waals surface area contributed by atoms with E-state index in [0.29, 0.717) is 19.1 Å². The van der Waals surface area contributed by atoms with Crippen molar-refractivity contribution in [2.24, 2.45) is 5.92 Å². The van der Waals surface area contributed by atoms with Crippen molar-refractivity contribution in [1.82, 2.24) is 9.62 Å². The van der Waals surface area contributed by atoms with Crippen LogP contribution in [-0.4, -0.2) is 38.4 Å². The van der Waals surface area contributed by atoms with E-state index in [2.05, 4.69) is 5.32 Å². The summed E-state index contributed by atoms with van der Waals surface area (Å²) in [6.07, 6.45) is 4.21. The first-order chi connectivity index (χ1) is 10.5. The maximum atomic E-state index is 14.0. The summed E-state index contributed by atoms with van der Waals surface area (Å²) in [6, 6.07) is 4.67. The van der Waals surface area contributed by atoms with Gasteiger partial charge in [0.15, 0.2) is 0 Å². The van der Waals surface area contributed by atoms with Gasteiger partial charge in [-0.1, -0.05) is 6.07 Å². The maximum absolute atomic E-state index is 14.0. The van der Waals surface area contributed by atoms with Crippen LogP contribution in [0.5, 0.6) is 0 Å². The number of sulfonamides is 1. The van der Waals surface area contributed by atoms with Gasteiger partial charge in [-0.25, -0.2) is 12.8 Å². The second-order valence-corrected chi connectivity index (χ2v) is 8.37. The molecule has 1 saturated heterocycles. The highest BCUT2D eigenvalue weighted by molar-refractivity contribution is 7.89. The lowest BCUT2D eigenvalue weighted by Gasteiger charge is -2.31. The summed E-state index contributed by atoms with van der Waals surface area (Å²) in [5.41, 5.74) is 0.722. The van der Waals surface area contributed by atoms with Gasteiger partial charge in [0.25, 0.3) is 0 Å². The smallest absolute Gasteiger partial charge is 0.245 e. The van der Waals surface area contributed by atoms with Crippen molar-refractivity contribution in [2.45, 2.75) is 43.5 Å². The van der Waals surface area contributed by atoms with E-state index < -0.39 is 15.8 Å². The van der Waals surface area contributed by atoms with E-state index in [-0.39, 0.29) is 17.3 Å². The molecule has 0 spiro atoms. The zero-order valence-electron chi connectivity index (χ0n) is 13.3. The quantitative estimate of drug-likeness (QED) is 0.876. The lowest BCUT2D eigenvalue weighted by molar-refractivity contribution is 0.287. The van der Waals surface area contributed by atoms with Crippen LogP contribution < -0.4 is 5.32 Å². The third kappa shape index (κ3) is 4.44. The Hall–Kier alpha value is -0.690. The Morgan fingerprint density at radius 3 is 2.43 bits per heavy atom. The van der Waals surface area contributed by atoms with Crippen LogP contribution in [0.25, 0.3) is 0 Å². The summed E-state index contributed by atoms with van der Waals surface area (Å²) < 4.78 is 40.5. The van der Waals surface area contributed by atoms with Crippen molar-refractivity contribution in [3.63, 3.8) is 0 Å². The van der Waals surface area contributed by atoms with Crippen molar-refractivity contribution in [1.29, 1.82) is 0 Å². The maximum Gasteiger partial charge on any atom is 0.245 e. The lowest BCUT2D eigenvalue weighted by atomic mass is 10.1. The first kappa shape index (κ1) is 18.6. The molecule has 3 rings (SSSR count). The first-order valence-electron chi connectivity index (χ1n) is 7.96. The van der Waals surface area contributed by atoms with Crippen LogP contribution in [0.3, 0.4) is 0 Å². The van der Waals surface area contributed by atoms with Gasteiger partial charge in [0.2, 0.25) is 10.0 Å². The van der Waals surface area contributed by atoms with Crippen molar-refractivity contribution >= 4 is 22.4 Å². The van der Waals surface area contributed by atoms with Crippen LogP contribution in [0, 0.1) is 18.7 Å². The van der Waals surface area contributed by atoms with Gasteiger partial charge in [-0.2, -0.15) is 4.31 Å². The molecule has 0 radical (unpaired) electrons. The number of halogens is 2. The standard InChI is InChI=1S/C16H23FN2O2S.ClH/c1-12-2-5-16(15(17)10-12)22(20,21)19-8-6-14(7-9-19)18-11-13-3-4-13;/h2,5,10,13-14,18H,3-4,6-9,11H2,1H3;1H. The molecule has 1 N–H and O–H groups in total. The van der Waals surface area contributed by atoms with E-state index in [1.165, 1.54) is 29.3 Å². The van der Waals surface area contributed by atoms with E-state index in [1.54, 1.807) is 13.0 Å². The van der Waals surface area contributed by atoms with Gasteiger partial charge in [-0.05, 0) is 62.8 Å².